The van der Waals surface area contributed by atoms with E-state index in [-0.39, 0.29) is 5.91 Å². The molecule has 0 unspecified atom stereocenters. The third kappa shape index (κ3) is 5.45. The molecule has 1 aliphatic rings. The molecule has 1 saturated heterocycles. The van der Waals surface area contributed by atoms with Crippen LogP contribution >= 0.6 is 0 Å². The van der Waals surface area contributed by atoms with Gasteiger partial charge < -0.3 is 4.90 Å². The number of rotatable bonds is 5. The molecule has 1 aliphatic heterocycles. The fourth-order valence-corrected chi connectivity index (χ4v) is 3.03. The molecule has 0 N–H and O–H groups in total. The van der Waals surface area contributed by atoms with Gasteiger partial charge in [-0.15, -0.1) is 0 Å². The van der Waals surface area contributed by atoms with Crippen LogP contribution in [0.15, 0.2) is 24.3 Å². The van der Waals surface area contributed by atoms with E-state index in [0.717, 1.165) is 19.5 Å². The molecule has 1 fully saturated rings. The molecule has 1 aromatic carbocycles. The largest absolute Gasteiger partial charge is 0.340 e. The SMILES string of the molecule is CCc1ccc(CN(C)C(=O)CN2CCCCCCC2)cc1. The van der Waals surface area contributed by atoms with Gasteiger partial charge in [0.1, 0.15) is 0 Å². The van der Waals surface area contributed by atoms with Crippen LogP contribution in [0, 0.1) is 0 Å². The molecule has 0 radical (unpaired) electrons. The number of likely N-dealkylation sites (N-methyl/N-ethyl adjacent to an activating group) is 1. The quantitative estimate of drug-likeness (QED) is 0.831. The van der Waals surface area contributed by atoms with Crippen molar-refractivity contribution in [2.24, 2.45) is 0 Å². The maximum absolute atomic E-state index is 12.4. The number of nitrogens with zero attached hydrogens (tertiary/aromatic N) is 2. The lowest BCUT2D eigenvalue weighted by Crippen LogP contribution is -2.39. The Bertz CT molecular complexity index is 447. The Labute approximate surface area is 135 Å². The lowest BCUT2D eigenvalue weighted by Gasteiger charge is -2.26. The maximum atomic E-state index is 12.4. The predicted octanol–water partition coefficient (Wildman–Crippen LogP) is 3.47. The number of aryl methyl sites for hydroxylation is 1. The molecule has 0 aromatic heterocycles. The Balaban J connectivity index is 1.82. The van der Waals surface area contributed by atoms with E-state index < -0.39 is 0 Å². The minimum atomic E-state index is 0.236. The predicted molar refractivity (Wildman–Crippen MR) is 91.8 cm³/mol. The molecule has 1 amide bonds. The lowest BCUT2D eigenvalue weighted by molar-refractivity contribution is -0.131. The summed E-state index contributed by atoms with van der Waals surface area (Å²) in [5.41, 5.74) is 2.55. The summed E-state index contributed by atoms with van der Waals surface area (Å²) in [6.07, 6.45) is 7.50. The normalized spacial score (nSPS) is 16.8. The first kappa shape index (κ1) is 17.0. The zero-order valence-corrected chi connectivity index (χ0v) is 14.2. The highest BCUT2D eigenvalue weighted by molar-refractivity contribution is 5.78. The van der Waals surface area contributed by atoms with Crippen LogP contribution in [0.4, 0.5) is 0 Å². The van der Waals surface area contributed by atoms with E-state index in [2.05, 4.69) is 36.1 Å². The number of likely N-dealkylation sites (tertiary alicyclic amines) is 1. The zero-order valence-electron chi connectivity index (χ0n) is 14.2. The van der Waals surface area contributed by atoms with Crippen molar-refractivity contribution in [1.29, 1.82) is 0 Å². The van der Waals surface area contributed by atoms with Crippen molar-refractivity contribution in [3.63, 3.8) is 0 Å². The van der Waals surface area contributed by atoms with Crippen molar-refractivity contribution in [3.8, 4) is 0 Å². The van der Waals surface area contributed by atoms with Crippen molar-refractivity contribution in [3.05, 3.63) is 35.4 Å². The van der Waals surface area contributed by atoms with Gasteiger partial charge in [0.25, 0.3) is 0 Å². The number of carbonyl (C=O) groups is 1. The Morgan fingerprint density at radius 1 is 1.00 bits per heavy atom. The highest BCUT2D eigenvalue weighted by atomic mass is 16.2. The summed E-state index contributed by atoms with van der Waals surface area (Å²) in [5, 5.41) is 0. The molecule has 122 valence electrons. The van der Waals surface area contributed by atoms with Gasteiger partial charge in [-0.2, -0.15) is 0 Å². The molecule has 2 rings (SSSR count). The number of hydrogen-bond donors (Lipinski definition) is 0. The summed E-state index contributed by atoms with van der Waals surface area (Å²) in [6.45, 7) is 5.59. The van der Waals surface area contributed by atoms with Crippen LogP contribution in [0.1, 0.15) is 50.2 Å². The lowest BCUT2D eigenvalue weighted by atomic mass is 10.1. The van der Waals surface area contributed by atoms with E-state index in [4.69, 9.17) is 0 Å². The van der Waals surface area contributed by atoms with E-state index in [1.807, 2.05) is 11.9 Å². The van der Waals surface area contributed by atoms with Gasteiger partial charge in [-0.05, 0) is 43.5 Å². The Morgan fingerprint density at radius 2 is 1.55 bits per heavy atom. The van der Waals surface area contributed by atoms with Gasteiger partial charge in [0.05, 0.1) is 6.54 Å². The molecule has 1 aromatic rings. The molecular formula is C19H30N2O. The molecule has 0 atom stereocenters. The second kappa shape index (κ2) is 8.94. The molecule has 0 saturated carbocycles. The van der Waals surface area contributed by atoms with Crippen LogP contribution in [0.2, 0.25) is 0 Å². The van der Waals surface area contributed by atoms with Crippen molar-refractivity contribution in [2.75, 3.05) is 26.7 Å². The number of carbonyl (C=O) groups excluding carboxylic acids is 1. The first-order valence-corrected chi connectivity index (χ1v) is 8.73. The number of amides is 1. The van der Waals surface area contributed by atoms with Gasteiger partial charge in [-0.1, -0.05) is 50.5 Å². The summed E-state index contributed by atoms with van der Waals surface area (Å²) in [5.74, 6) is 0.236. The first-order valence-electron chi connectivity index (χ1n) is 8.73. The summed E-state index contributed by atoms with van der Waals surface area (Å²) < 4.78 is 0. The maximum Gasteiger partial charge on any atom is 0.236 e. The van der Waals surface area contributed by atoms with Crippen LogP contribution in [-0.4, -0.2) is 42.4 Å². The Kier molecular flexibility index (Phi) is 6.91. The standard InChI is InChI=1S/C19H30N2O/c1-3-17-9-11-18(12-10-17)15-20(2)19(22)16-21-13-7-5-4-6-8-14-21/h9-12H,3-8,13-16H2,1-2H3. The average molecular weight is 302 g/mol. The summed E-state index contributed by atoms with van der Waals surface area (Å²) in [7, 11) is 1.92. The molecular weight excluding hydrogens is 272 g/mol. The molecule has 3 nitrogen and oxygen atoms in total. The molecule has 0 aliphatic carbocycles. The third-order valence-electron chi connectivity index (χ3n) is 4.58. The number of benzene rings is 1. The van der Waals surface area contributed by atoms with Crippen molar-refractivity contribution < 1.29 is 4.79 Å². The number of hydrogen-bond acceptors (Lipinski definition) is 2. The van der Waals surface area contributed by atoms with E-state index in [1.54, 1.807) is 0 Å². The summed E-state index contributed by atoms with van der Waals surface area (Å²) in [4.78, 5) is 16.6. The van der Waals surface area contributed by atoms with E-state index in [1.165, 1.54) is 43.2 Å². The second-order valence-corrected chi connectivity index (χ2v) is 6.46. The van der Waals surface area contributed by atoms with E-state index >= 15 is 0 Å². The van der Waals surface area contributed by atoms with Crippen LogP contribution in [0.25, 0.3) is 0 Å². The van der Waals surface area contributed by atoms with E-state index in [0.29, 0.717) is 13.1 Å². The molecule has 0 bridgehead atoms. The topological polar surface area (TPSA) is 23.6 Å². The van der Waals surface area contributed by atoms with Crippen molar-refractivity contribution in [1.82, 2.24) is 9.80 Å². The zero-order chi connectivity index (χ0) is 15.8. The van der Waals surface area contributed by atoms with Gasteiger partial charge in [0.2, 0.25) is 5.91 Å². The second-order valence-electron chi connectivity index (χ2n) is 6.46. The highest BCUT2D eigenvalue weighted by Crippen LogP contribution is 2.11. The molecule has 1 heterocycles. The van der Waals surface area contributed by atoms with Crippen LogP contribution in [0.5, 0.6) is 0 Å². The average Bonchev–Trinajstić information content (AvgIpc) is 2.50. The fraction of sp³-hybridized carbons (Fsp3) is 0.632. The smallest absolute Gasteiger partial charge is 0.236 e. The van der Waals surface area contributed by atoms with Gasteiger partial charge in [0, 0.05) is 13.6 Å². The van der Waals surface area contributed by atoms with Gasteiger partial charge >= 0.3 is 0 Å². The van der Waals surface area contributed by atoms with Crippen LogP contribution in [-0.2, 0) is 17.8 Å². The molecule has 22 heavy (non-hydrogen) atoms. The third-order valence-corrected chi connectivity index (χ3v) is 4.58. The van der Waals surface area contributed by atoms with Gasteiger partial charge in [-0.25, -0.2) is 0 Å². The monoisotopic (exact) mass is 302 g/mol. The Morgan fingerprint density at radius 3 is 2.14 bits per heavy atom. The summed E-state index contributed by atoms with van der Waals surface area (Å²) in [6, 6.07) is 8.59. The van der Waals surface area contributed by atoms with Crippen molar-refractivity contribution >= 4 is 5.91 Å². The highest BCUT2D eigenvalue weighted by Gasteiger charge is 2.15. The minimum Gasteiger partial charge on any atom is -0.340 e. The molecule has 3 heteroatoms. The first-order chi connectivity index (χ1) is 10.7. The Hall–Kier alpha value is -1.35. The van der Waals surface area contributed by atoms with Gasteiger partial charge in [-0.3, -0.25) is 9.69 Å². The molecule has 0 spiro atoms. The minimum absolute atomic E-state index is 0.236. The van der Waals surface area contributed by atoms with Gasteiger partial charge in [0.15, 0.2) is 0 Å². The summed E-state index contributed by atoms with van der Waals surface area (Å²) >= 11 is 0. The van der Waals surface area contributed by atoms with Crippen molar-refractivity contribution in [2.45, 2.75) is 52.0 Å². The van der Waals surface area contributed by atoms with Crippen LogP contribution < -0.4 is 0 Å². The fourth-order valence-electron chi connectivity index (χ4n) is 3.03. The van der Waals surface area contributed by atoms with Crippen LogP contribution in [0.3, 0.4) is 0 Å². The van der Waals surface area contributed by atoms with E-state index in [9.17, 15) is 4.79 Å².